The van der Waals surface area contributed by atoms with Crippen LogP contribution < -0.4 is 4.90 Å². The van der Waals surface area contributed by atoms with Crippen LogP contribution in [0, 0.1) is 5.82 Å². The molecular formula is C22H23FN4. The van der Waals surface area contributed by atoms with Crippen molar-refractivity contribution in [2.75, 3.05) is 38.1 Å². The topological polar surface area (TPSA) is 24.3 Å². The molecule has 1 fully saturated rings. The molecule has 0 amide bonds. The molecule has 0 bridgehead atoms. The third-order valence-electron chi connectivity index (χ3n) is 5.73. The number of allylic oxidation sites excluding steroid dienone is 1. The van der Waals surface area contributed by atoms with Crippen molar-refractivity contribution in [3.8, 4) is 5.82 Å². The number of aromatic nitrogens is 2. The molecule has 0 atom stereocenters. The molecule has 1 aromatic carbocycles. The predicted molar refractivity (Wildman–Crippen MR) is 108 cm³/mol. The normalized spacial score (nSPS) is 17.7. The number of anilines is 1. The smallest absolute Gasteiger partial charge is 0.143 e. The van der Waals surface area contributed by atoms with Crippen LogP contribution in [0.15, 0.2) is 43.0 Å². The van der Waals surface area contributed by atoms with Crippen LogP contribution >= 0.6 is 0 Å². The molecule has 0 N–H and O–H groups in total. The summed E-state index contributed by atoms with van der Waals surface area (Å²) >= 11 is 0. The SMILES string of the molecule is C=C1Cc2ccc(N3CCCN(C)CC3)nc2-n2c1cc1cc(F)ccc12. The van der Waals surface area contributed by atoms with Crippen LogP contribution in [0.5, 0.6) is 0 Å². The number of hydrogen-bond donors (Lipinski definition) is 0. The van der Waals surface area contributed by atoms with E-state index in [0.717, 1.165) is 72.8 Å². The van der Waals surface area contributed by atoms with Gasteiger partial charge in [0, 0.05) is 37.0 Å². The van der Waals surface area contributed by atoms with E-state index in [0.29, 0.717) is 0 Å². The first-order valence-corrected chi connectivity index (χ1v) is 9.53. The lowest BCUT2D eigenvalue weighted by Gasteiger charge is -2.26. The molecule has 0 unspecified atom stereocenters. The van der Waals surface area contributed by atoms with Crippen molar-refractivity contribution >= 4 is 22.3 Å². The summed E-state index contributed by atoms with van der Waals surface area (Å²) in [7, 11) is 2.17. The van der Waals surface area contributed by atoms with Gasteiger partial charge in [0.05, 0.1) is 11.2 Å². The second kappa shape index (κ2) is 6.20. The molecule has 5 heteroatoms. The Hall–Kier alpha value is -2.66. The largest absolute Gasteiger partial charge is 0.355 e. The highest BCUT2D eigenvalue weighted by molar-refractivity contribution is 5.89. The van der Waals surface area contributed by atoms with Crippen LogP contribution in [-0.4, -0.2) is 47.7 Å². The highest BCUT2D eigenvalue weighted by atomic mass is 19.1. The summed E-state index contributed by atoms with van der Waals surface area (Å²) < 4.78 is 15.9. The first-order chi connectivity index (χ1) is 13.1. The number of benzene rings is 1. The van der Waals surface area contributed by atoms with E-state index in [4.69, 9.17) is 4.98 Å². The maximum absolute atomic E-state index is 13.7. The van der Waals surface area contributed by atoms with Gasteiger partial charge in [-0.2, -0.15) is 0 Å². The fourth-order valence-electron chi connectivity index (χ4n) is 4.25. The third-order valence-corrected chi connectivity index (χ3v) is 5.73. The number of nitrogens with zero attached hydrogens (tertiary/aromatic N) is 4. The van der Waals surface area contributed by atoms with Crippen LogP contribution in [0.4, 0.5) is 10.2 Å². The number of fused-ring (bicyclic) bond motifs is 5. The predicted octanol–water partition coefficient (Wildman–Crippen LogP) is 3.88. The van der Waals surface area contributed by atoms with Crippen LogP contribution in [-0.2, 0) is 6.42 Å². The Morgan fingerprint density at radius 2 is 1.93 bits per heavy atom. The van der Waals surface area contributed by atoms with Gasteiger partial charge >= 0.3 is 0 Å². The van der Waals surface area contributed by atoms with Crippen molar-refractivity contribution in [3.63, 3.8) is 0 Å². The van der Waals surface area contributed by atoms with E-state index in [1.807, 2.05) is 12.1 Å². The number of rotatable bonds is 1. The molecule has 3 aromatic rings. The van der Waals surface area contributed by atoms with Crippen LogP contribution in [0.2, 0.25) is 0 Å². The van der Waals surface area contributed by atoms with E-state index in [-0.39, 0.29) is 5.82 Å². The minimum absolute atomic E-state index is 0.216. The second-order valence-electron chi connectivity index (χ2n) is 7.64. The maximum atomic E-state index is 13.7. The molecule has 4 nitrogen and oxygen atoms in total. The van der Waals surface area contributed by atoms with Crippen LogP contribution in [0.25, 0.3) is 22.3 Å². The van der Waals surface area contributed by atoms with Crippen LogP contribution in [0.3, 0.4) is 0 Å². The Bertz CT molecular complexity index is 1050. The average molecular weight is 362 g/mol. The van der Waals surface area contributed by atoms with Crippen molar-refractivity contribution in [1.82, 2.24) is 14.5 Å². The standard InChI is InChI=1S/C22H23FN4/c1-15-12-16-4-7-21(26-9-3-8-25(2)10-11-26)24-22(16)27-19-6-5-18(23)13-17(19)14-20(15)27/h4-7,13-14H,1,3,8-12H2,2H3. The number of halogens is 1. The summed E-state index contributed by atoms with van der Waals surface area (Å²) in [5, 5.41) is 0.891. The number of hydrogen-bond acceptors (Lipinski definition) is 3. The van der Waals surface area contributed by atoms with Crippen molar-refractivity contribution in [2.45, 2.75) is 12.8 Å². The van der Waals surface area contributed by atoms with Gasteiger partial charge < -0.3 is 9.80 Å². The quantitative estimate of drug-likeness (QED) is 0.657. The Morgan fingerprint density at radius 1 is 1.04 bits per heavy atom. The van der Waals surface area contributed by atoms with Crippen molar-refractivity contribution in [2.24, 2.45) is 0 Å². The molecule has 5 rings (SSSR count). The van der Waals surface area contributed by atoms with Crippen LogP contribution in [0.1, 0.15) is 17.7 Å². The van der Waals surface area contributed by atoms with Gasteiger partial charge in [0.15, 0.2) is 0 Å². The van der Waals surface area contributed by atoms with Gasteiger partial charge in [-0.1, -0.05) is 12.6 Å². The fraction of sp³-hybridized carbons (Fsp3) is 0.318. The van der Waals surface area contributed by atoms with E-state index < -0.39 is 0 Å². The van der Waals surface area contributed by atoms with Gasteiger partial charge in [0.1, 0.15) is 17.5 Å². The zero-order chi connectivity index (χ0) is 18.5. The minimum Gasteiger partial charge on any atom is -0.355 e. The molecule has 0 aliphatic carbocycles. The summed E-state index contributed by atoms with van der Waals surface area (Å²) in [5.74, 6) is 1.76. The molecule has 0 radical (unpaired) electrons. The lowest BCUT2D eigenvalue weighted by Crippen LogP contribution is -2.29. The van der Waals surface area contributed by atoms with Gasteiger partial charge in [-0.05, 0) is 55.9 Å². The lowest BCUT2D eigenvalue weighted by molar-refractivity contribution is 0.360. The second-order valence-corrected chi connectivity index (χ2v) is 7.64. The molecule has 138 valence electrons. The van der Waals surface area contributed by atoms with Gasteiger partial charge in [-0.25, -0.2) is 9.37 Å². The first kappa shape index (κ1) is 16.5. The molecule has 4 heterocycles. The Labute approximate surface area is 158 Å². The molecule has 1 saturated heterocycles. The Kier molecular flexibility index (Phi) is 3.79. The minimum atomic E-state index is -0.216. The van der Waals surface area contributed by atoms with E-state index in [1.54, 1.807) is 6.07 Å². The summed E-state index contributed by atoms with van der Waals surface area (Å²) in [6.07, 6.45) is 1.92. The van der Waals surface area contributed by atoms with Crippen molar-refractivity contribution < 1.29 is 4.39 Å². The number of pyridine rings is 1. The van der Waals surface area contributed by atoms with E-state index in [9.17, 15) is 4.39 Å². The van der Waals surface area contributed by atoms with E-state index >= 15 is 0 Å². The van der Waals surface area contributed by atoms with E-state index in [2.05, 4.69) is 40.1 Å². The van der Waals surface area contributed by atoms with E-state index in [1.165, 1.54) is 11.6 Å². The summed E-state index contributed by atoms with van der Waals surface area (Å²) in [6, 6.07) is 11.3. The molecule has 2 aromatic heterocycles. The Morgan fingerprint density at radius 3 is 2.81 bits per heavy atom. The molecule has 27 heavy (non-hydrogen) atoms. The molecule has 0 saturated carbocycles. The zero-order valence-corrected chi connectivity index (χ0v) is 15.6. The van der Waals surface area contributed by atoms with Gasteiger partial charge in [-0.15, -0.1) is 0 Å². The van der Waals surface area contributed by atoms with Gasteiger partial charge in [0.2, 0.25) is 0 Å². The summed E-state index contributed by atoms with van der Waals surface area (Å²) in [4.78, 5) is 9.80. The summed E-state index contributed by atoms with van der Waals surface area (Å²) in [6.45, 7) is 8.43. The fourth-order valence-corrected chi connectivity index (χ4v) is 4.25. The molecule has 0 spiro atoms. The number of likely N-dealkylation sites (N-methyl/N-ethyl adjacent to an activating group) is 1. The Balaban J connectivity index is 1.64. The highest BCUT2D eigenvalue weighted by Crippen LogP contribution is 2.36. The zero-order valence-electron chi connectivity index (χ0n) is 15.6. The van der Waals surface area contributed by atoms with Crippen molar-refractivity contribution in [3.05, 3.63) is 60.1 Å². The monoisotopic (exact) mass is 362 g/mol. The first-order valence-electron chi connectivity index (χ1n) is 9.53. The third kappa shape index (κ3) is 2.73. The van der Waals surface area contributed by atoms with Crippen molar-refractivity contribution in [1.29, 1.82) is 0 Å². The molecular weight excluding hydrogens is 339 g/mol. The van der Waals surface area contributed by atoms with Gasteiger partial charge in [0.25, 0.3) is 0 Å². The molecule has 2 aliphatic heterocycles. The average Bonchev–Trinajstić information content (AvgIpc) is 2.90. The lowest BCUT2D eigenvalue weighted by atomic mass is 10.0. The maximum Gasteiger partial charge on any atom is 0.143 e. The van der Waals surface area contributed by atoms with Gasteiger partial charge in [-0.3, -0.25) is 4.57 Å². The molecule has 2 aliphatic rings. The summed E-state index contributed by atoms with van der Waals surface area (Å²) in [5.41, 5.74) is 4.23. The highest BCUT2D eigenvalue weighted by Gasteiger charge is 2.24.